The Hall–Kier alpha value is -2.66. The van der Waals surface area contributed by atoms with Gasteiger partial charge in [-0.25, -0.2) is 0 Å². The molecule has 1 aliphatic heterocycles. The Balaban J connectivity index is 1.48. The van der Waals surface area contributed by atoms with Crippen LogP contribution in [0, 0.1) is 5.92 Å². The van der Waals surface area contributed by atoms with Crippen LogP contribution in [-0.4, -0.2) is 34.8 Å². The Labute approximate surface area is 155 Å². The lowest BCUT2D eigenvalue weighted by atomic mass is 9.91. The first kappa shape index (κ1) is 16.8. The summed E-state index contributed by atoms with van der Waals surface area (Å²) in [6.45, 7) is 1.07. The van der Waals surface area contributed by atoms with Crippen LogP contribution in [-0.2, 0) is 0 Å². The average molecular weight is 365 g/mol. The number of aromatic hydroxyl groups is 1. The molecule has 2 aromatic carbocycles. The topological polar surface area (TPSA) is 57.6 Å². The number of Topliss-reactive ketones (excluding diaryl/α,β-unsaturated/α-hetero) is 1. The molecule has 1 N–H and O–H groups in total. The normalized spacial score (nSPS) is 15.3. The summed E-state index contributed by atoms with van der Waals surface area (Å²) in [5, 5.41) is 14.0. The molecule has 3 aromatic rings. The highest BCUT2D eigenvalue weighted by atomic mass is 32.1. The van der Waals surface area contributed by atoms with Crippen molar-refractivity contribution >= 4 is 33.8 Å². The van der Waals surface area contributed by atoms with E-state index in [1.165, 1.54) is 11.3 Å². The van der Waals surface area contributed by atoms with Crippen LogP contribution < -0.4 is 0 Å². The number of thiophene rings is 1. The van der Waals surface area contributed by atoms with E-state index in [9.17, 15) is 14.7 Å². The van der Waals surface area contributed by atoms with Gasteiger partial charge in [0.2, 0.25) is 0 Å². The van der Waals surface area contributed by atoms with E-state index < -0.39 is 0 Å². The minimum Gasteiger partial charge on any atom is -0.507 e. The number of hydrogen-bond acceptors (Lipinski definition) is 4. The van der Waals surface area contributed by atoms with Gasteiger partial charge in [0.05, 0.1) is 10.4 Å². The fourth-order valence-electron chi connectivity index (χ4n) is 3.53. The van der Waals surface area contributed by atoms with Crippen LogP contribution in [0.2, 0.25) is 0 Å². The molecule has 1 aromatic heterocycles. The van der Waals surface area contributed by atoms with Gasteiger partial charge in [0.25, 0.3) is 5.91 Å². The second-order valence-electron chi connectivity index (χ2n) is 6.62. The molecule has 1 saturated heterocycles. The predicted octanol–water partition coefficient (Wildman–Crippen LogP) is 4.34. The van der Waals surface area contributed by atoms with Crippen LogP contribution >= 0.6 is 11.3 Å². The van der Waals surface area contributed by atoms with E-state index >= 15 is 0 Å². The van der Waals surface area contributed by atoms with Gasteiger partial charge in [0.15, 0.2) is 5.78 Å². The van der Waals surface area contributed by atoms with E-state index in [-0.39, 0.29) is 23.4 Å². The minimum absolute atomic E-state index is 0.00508. The molecule has 0 radical (unpaired) electrons. The summed E-state index contributed by atoms with van der Waals surface area (Å²) in [7, 11) is 0. The van der Waals surface area contributed by atoms with Crippen molar-refractivity contribution in [3.8, 4) is 5.75 Å². The fourth-order valence-corrected chi connectivity index (χ4v) is 4.28. The average Bonchev–Trinajstić information content (AvgIpc) is 3.21. The zero-order valence-electron chi connectivity index (χ0n) is 14.2. The number of nitrogens with zero attached hydrogens (tertiary/aromatic N) is 1. The Bertz CT molecular complexity index is 957. The van der Waals surface area contributed by atoms with Crippen molar-refractivity contribution in [2.75, 3.05) is 13.1 Å². The number of carbonyl (C=O) groups is 2. The SMILES string of the molecule is O=C(c1cccs1)C1CCN(C(=O)c2cc3ccccc3cc2O)CC1. The molecule has 1 fully saturated rings. The molecule has 4 nitrogen and oxygen atoms in total. The molecule has 0 unspecified atom stereocenters. The number of fused-ring (bicyclic) bond motifs is 1. The minimum atomic E-state index is -0.171. The van der Waals surface area contributed by atoms with Crippen LogP contribution in [0.25, 0.3) is 10.8 Å². The number of benzene rings is 2. The van der Waals surface area contributed by atoms with Gasteiger partial charge in [0, 0.05) is 19.0 Å². The summed E-state index contributed by atoms with van der Waals surface area (Å²) < 4.78 is 0. The lowest BCUT2D eigenvalue weighted by Gasteiger charge is -2.31. The first-order valence-electron chi connectivity index (χ1n) is 8.72. The van der Waals surface area contributed by atoms with Crippen molar-refractivity contribution in [3.05, 3.63) is 64.4 Å². The molecule has 1 aliphatic rings. The van der Waals surface area contributed by atoms with Crippen LogP contribution in [0.4, 0.5) is 0 Å². The van der Waals surface area contributed by atoms with E-state index in [4.69, 9.17) is 0 Å². The summed E-state index contributed by atoms with van der Waals surface area (Å²) in [6.07, 6.45) is 1.33. The lowest BCUT2D eigenvalue weighted by molar-refractivity contribution is 0.0649. The van der Waals surface area contributed by atoms with E-state index in [2.05, 4.69) is 0 Å². The molecule has 1 amide bonds. The molecule has 0 spiro atoms. The van der Waals surface area contributed by atoms with Crippen molar-refractivity contribution in [3.63, 3.8) is 0 Å². The first-order valence-corrected chi connectivity index (χ1v) is 9.60. The number of rotatable bonds is 3. The van der Waals surface area contributed by atoms with Crippen molar-refractivity contribution in [1.29, 1.82) is 0 Å². The smallest absolute Gasteiger partial charge is 0.257 e. The van der Waals surface area contributed by atoms with Crippen LogP contribution in [0.5, 0.6) is 5.75 Å². The Morgan fingerprint density at radius 3 is 2.35 bits per heavy atom. The monoisotopic (exact) mass is 365 g/mol. The van der Waals surface area contributed by atoms with Crippen molar-refractivity contribution in [1.82, 2.24) is 4.90 Å². The lowest BCUT2D eigenvalue weighted by Crippen LogP contribution is -2.40. The predicted molar refractivity (Wildman–Crippen MR) is 103 cm³/mol. The highest BCUT2D eigenvalue weighted by Gasteiger charge is 2.29. The molecule has 0 atom stereocenters. The van der Waals surface area contributed by atoms with Gasteiger partial charge in [-0.1, -0.05) is 30.3 Å². The zero-order valence-corrected chi connectivity index (χ0v) is 15.0. The summed E-state index contributed by atoms with van der Waals surface area (Å²) in [5.74, 6) is -0.00990. The fraction of sp³-hybridized carbons (Fsp3) is 0.238. The molecule has 26 heavy (non-hydrogen) atoms. The number of piperidine rings is 1. The molecule has 4 rings (SSSR count). The number of likely N-dealkylation sites (tertiary alicyclic amines) is 1. The van der Waals surface area contributed by atoms with E-state index in [0.717, 1.165) is 15.6 Å². The molecule has 0 bridgehead atoms. The Kier molecular flexibility index (Phi) is 4.47. The summed E-state index contributed by atoms with van der Waals surface area (Å²) in [4.78, 5) is 27.9. The largest absolute Gasteiger partial charge is 0.507 e. The molecular weight excluding hydrogens is 346 g/mol. The standard InChI is InChI=1S/C21H19NO3S/c23-18-13-16-5-2-1-4-15(16)12-17(18)21(25)22-9-7-14(8-10-22)20(24)19-6-3-11-26-19/h1-6,11-14,23H,7-10H2. The number of carbonyl (C=O) groups excluding carboxylic acids is 2. The van der Waals surface area contributed by atoms with Gasteiger partial charge >= 0.3 is 0 Å². The third-order valence-corrected chi connectivity index (χ3v) is 5.90. The van der Waals surface area contributed by atoms with E-state index in [1.54, 1.807) is 17.0 Å². The van der Waals surface area contributed by atoms with Gasteiger partial charge in [-0.2, -0.15) is 0 Å². The maximum atomic E-state index is 12.9. The van der Waals surface area contributed by atoms with Gasteiger partial charge in [-0.05, 0) is 47.2 Å². The number of amides is 1. The third kappa shape index (κ3) is 3.10. The number of ketones is 1. The third-order valence-electron chi connectivity index (χ3n) is 5.01. The molecule has 5 heteroatoms. The zero-order chi connectivity index (χ0) is 18.1. The maximum absolute atomic E-state index is 12.9. The van der Waals surface area contributed by atoms with Crippen LogP contribution in [0.15, 0.2) is 53.9 Å². The summed E-state index contributed by atoms with van der Waals surface area (Å²) in [5.41, 5.74) is 0.326. The Morgan fingerprint density at radius 2 is 1.69 bits per heavy atom. The van der Waals surface area contributed by atoms with Crippen molar-refractivity contribution in [2.24, 2.45) is 5.92 Å². The van der Waals surface area contributed by atoms with Gasteiger partial charge < -0.3 is 10.0 Å². The maximum Gasteiger partial charge on any atom is 0.257 e. The first-order chi connectivity index (χ1) is 12.6. The summed E-state index contributed by atoms with van der Waals surface area (Å²) in [6, 6.07) is 14.8. The van der Waals surface area contributed by atoms with E-state index in [0.29, 0.717) is 31.5 Å². The van der Waals surface area contributed by atoms with Crippen LogP contribution in [0.1, 0.15) is 32.9 Å². The molecule has 0 saturated carbocycles. The molecule has 132 valence electrons. The molecule has 2 heterocycles. The molecular formula is C21H19NO3S. The van der Waals surface area contributed by atoms with Gasteiger partial charge in [0.1, 0.15) is 5.75 Å². The number of phenols is 1. The second-order valence-corrected chi connectivity index (χ2v) is 7.57. The number of phenolic OH excluding ortho intramolecular Hbond substituents is 1. The number of hydrogen-bond donors (Lipinski definition) is 1. The highest BCUT2D eigenvalue weighted by molar-refractivity contribution is 7.12. The molecule has 0 aliphatic carbocycles. The van der Waals surface area contributed by atoms with Crippen molar-refractivity contribution in [2.45, 2.75) is 12.8 Å². The summed E-state index contributed by atoms with van der Waals surface area (Å²) >= 11 is 1.47. The van der Waals surface area contributed by atoms with E-state index in [1.807, 2.05) is 41.8 Å². The van der Waals surface area contributed by atoms with Crippen LogP contribution in [0.3, 0.4) is 0 Å². The van der Waals surface area contributed by atoms with Crippen molar-refractivity contribution < 1.29 is 14.7 Å². The second kappa shape index (κ2) is 6.92. The Morgan fingerprint density at radius 1 is 1.00 bits per heavy atom. The quantitative estimate of drug-likeness (QED) is 0.703. The van der Waals surface area contributed by atoms with Gasteiger partial charge in [-0.15, -0.1) is 11.3 Å². The van der Waals surface area contributed by atoms with Gasteiger partial charge in [-0.3, -0.25) is 9.59 Å². The highest BCUT2D eigenvalue weighted by Crippen LogP contribution is 2.29.